The summed E-state index contributed by atoms with van der Waals surface area (Å²) in [5.41, 5.74) is -0.593. The summed E-state index contributed by atoms with van der Waals surface area (Å²) >= 11 is 0. The summed E-state index contributed by atoms with van der Waals surface area (Å²) in [4.78, 5) is 16.5. The third-order valence-electron chi connectivity index (χ3n) is 3.04. The Morgan fingerprint density at radius 3 is 2.75 bits per heavy atom. The van der Waals surface area contributed by atoms with Crippen LogP contribution in [0.3, 0.4) is 0 Å². The van der Waals surface area contributed by atoms with Crippen LogP contribution in [0.4, 0.5) is 5.82 Å². The Bertz CT molecular complexity index is 622. The van der Waals surface area contributed by atoms with Gasteiger partial charge in [-0.25, -0.2) is 18.2 Å². The summed E-state index contributed by atoms with van der Waals surface area (Å²) in [7, 11) is -3.36. The van der Waals surface area contributed by atoms with Crippen molar-refractivity contribution < 1.29 is 23.1 Å². The summed E-state index contributed by atoms with van der Waals surface area (Å²) in [6, 6.07) is 3.07. The van der Waals surface area contributed by atoms with Gasteiger partial charge in [0.15, 0.2) is 9.84 Å². The number of ether oxygens (including phenoxy) is 1. The van der Waals surface area contributed by atoms with E-state index in [2.05, 4.69) is 4.98 Å². The van der Waals surface area contributed by atoms with Crippen molar-refractivity contribution in [3.8, 4) is 0 Å². The molecule has 0 spiro atoms. The maximum atomic E-state index is 11.7. The number of carboxylic acids is 1. The lowest BCUT2D eigenvalue weighted by atomic mass is 9.96. The molecule has 0 radical (unpaired) electrons. The number of hydrogen-bond donors (Lipinski definition) is 1. The summed E-state index contributed by atoms with van der Waals surface area (Å²) in [5, 5.41) is 8.60. The summed E-state index contributed by atoms with van der Waals surface area (Å²) < 4.78 is 28.7. The number of nitrogens with zero attached hydrogens (tertiary/aromatic N) is 2. The largest absolute Gasteiger partial charge is 0.480 e. The molecule has 0 aliphatic carbocycles. The number of pyridine rings is 1. The molecule has 1 aromatic heterocycles. The maximum absolute atomic E-state index is 11.7. The molecule has 1 fully saturated rings. The number of carbonyl (C=O) groups is 1. The average Bonchev–Trinajstić information content (AvgIpc) is 2.32. The third-order valence-corrected chi connectivity index (χ3v) is 4.16. The zero-order valence-electron chi connectivity index (χ0n) is 11.2. The number of anilines is 1. The molecule has 8 heteroatoms. The normalized spacial score (nSPS) is 17.6. The molecular formula is C12H16N2O5S. The van der Waals surface area contributed by atoms with E-state index in [9.17, 15) is 13.2 Å². The van der Waals surface area contributed by atoms with E-state index < -0.39 is 21.4 Å². The minimum atomic E-state index is -3.36. The summed E-state index contributed by atoms with van der Waals surface area (Å²) in [6.45, 7) is 2.22. The van der Waals surface area contributed by atoms with Crippen molar-refractivity contribution in [2.24, 2.45) is 0 Å². The predicted octanol–water partition coefficient (Wildman–Crippen LogP) is 0.165. The Kier molecular flexibility index (Phi) is 3.70. The van der Waals surface area contributed by atoms with Crippen LogP contribution in [0.25, 0.3) is 0 Å². The van der Waals surface area contributed by atoms with E-state index in [1.165, 1.54) is 12.3 Å². The van der Waals surface area contributed by atoms with Gasteiger partial charge in [-0.15, -0.1) is 0 Å². The van der Waals surface area contributed by atoms with Crippen molar-refractivity contribution in [2.45, 2.75) is 17.4 Å². The fourth-order valence-corrected chi connectivity index (χ4v) is 2.99. The Morgan fingerprint density at radius 1 is 1.55 bits per heavy atom. The SMILES string of the molecule is CC1(OCC(=O)O)CN(c2ncccc2S(C)(=O)=O)C1. The minimum Gasteiger partial charge on any atom is -0.480 e. The van der Waals surface area contributed by atoms with Gasteiger partial charge in [0.05, 0.1) is 13.1 Å². The van der Waals surface area contributed by atoms with Gasteiger partial charge in [0.1, 0.15) is 22.9 Å². The van der Waals surface area contributed by atoms with Crippen LogP contribution >= 0.6 is 0 Å². The Labute approximate surface area is 117 Å². The van der Waals surface area contributed by atoms with Gasteiger partial charge in [-0.05, 0) is 19.1 Å². The van der Waals surface area contributed by atoms with Crippen LogP contribution in [0.5, 0.6) is 0 Å². The van der Waals surface area contributed by atoms with Gasteiger partial charge >= 0.3 is 5.97 Å². The predicted molar refractivity (Wildman–Crippen MR) is 71.6 cm³/mol. The lowest BCUT2D eigenvalue weighted by molar-refractivity contribution is -0.150. The quantitative estimate of drug-likeness (QED) is 0.827. The average molecular weight is 300 g/mol. The van der Waals surface area contributed by atoms with Crippen LogP contribution in [0.2, 0.25) is 0 Å². The highest BCUT2D eigenvalue weighted by Crippen LogP contribution is 2.32. The van der Waals surface area contributed by atoms with Gasteiger partial charge in [0.2, 0.25) is 0 Å². The van der Waals surface area contributed by atoms with Crippen molar-refractivity contribution in [3.63, 3.8) is 0 Å². The van der Waals surface area contributed by atoms with E-state index in [4.69, 9.17) is 9.84 Å². The van der Waals surface area contributed by atoms with E-state index in [0.29, 0.717) is 18.9 Å². The first kappa shape index (κ1) is 14.7. The molecule has 1 aliphatic heterocycles. The zero-order valence-corrected chi connectivity index (χ0v) is 12.1. The van der Waals surface area contributed by atoms with Crippen molar-refractivity contribution in [1.29, 1.82) is 0 Å². The minimum absolute atomic E-state index is 0.167. The van der Waals surface area contributed by atoms with Crippen molar-refractivity contribution >= 4 is 21.6 Å². The topological polar surface area (TPSA) is 96.8 Å². The second-order valence-electron chi connectivity index (χ2n) is 5.09. The van der Waals surface area contributed by atoms with Crippen LogP contribution in [-0.4, -0.2) is 56.0 Å². The van der Waals surface area contributed by atoms with Gasteiger partial charge in [0, 0.05) is 12.5 Å². The lowest BCUT2D eigenvalue weighted by Crippen LogP contribution is -2.62. The van der Waals surface area contributed by atoms with E-state index in [1.807, 2.05) is 0 Å². The van der Waals surface area contributed by atoms with Crippen molar-refractivity contribution in [3.05, 3.63) is 18.3 Å². The first-order chi connectivity index (χ1) is 9.21. The van der Waals surface area contributed by atoms with Crippen LogP contribution in [0.1, 0.15) is 6.92 Å². The van der Waals surface area contributed by atoms with Gasteiger partial charge in [-0.2, -0.15) is 0 Å². The van der Waals surface area contributed by atoms with E-state index in [-0.39, 0.29) is 11.5 Å². The van der Waals surface area contributed by atoms with Crippen molar-refractivity contribution in [2.75, 3.05) is 30.9 Å². The zero-order chi connectivity index (χ0) is 15.0. The second-order valence-corrected chi connectivity index (χ2v) is 7.07. The van der Waals surface area contributed by atoms with Gasteiger partial charge < -0.3 is 14.7 Å². The fourth-order valence-electron chi connectivity index (χ4n) is 2.15. The number of aliphatic carboxylic acids is 1. The molecule has 0 unspecified atom stereocenters. The molecule has 1 saturated heterocycles. The molecule has 1 N–H and O–H groups in total. The molecule has 7 nitrogen and oxygen atoms in total. The van der Waals surface area contributed by atoms with Crippen LogP contribution in [-0.2, 0) is 19.4 Å². The van der Waals surface area contributed by atoms with E-state index >= 15 is 0 Å². The number of aromatic nitrogens is 1. The van der Waals surface area contributed by atoms with Gasteiger partial charge in [-0.1, -0.05) is 0 Å². The molecule has 2 heterocycles. The number of carboxylic acid groups (broad SMARTS) is 1. The van der Waals surface area contributed by atoms with Crippen LogP contribution < -0.4 is 4.90 Å². The molecule has 0 bridgehead atoms. The van der Waals surface area contributed by atoms with Crippen LogP contribution in [0, 0.1) is 0 Å². The van der Waals surface area contributed by atoms with Crippen molar-refractivity contribution in [1.82, 2.24) is 4.98 Å². The number of sulfone groups is 1. The molecule has 110 valence electrons. The molecule has 20 heavy (non-hydrogen) atoms. The molecule has 0 aromatic carbocycles. The smallest absolute Gasteiger partial charge is 0.329 e. The molecule has 1 aliphatic rings. The molecule has 0 saturated carbocycles. The Morgan fingerprint density at radius 2 is 2.20 bits per heavy atom. The first-order valence-corrected chi connectivity index (χ1v) is 7.86. The molecular weight excluding hydrogens is 284 g/mol. The third kappa shape index (κ3) is 3.07. The second kappa shape index (κ2) is 5.02. The van der Waals surface area contributed by atoms with Gasteiger partial charge in [0.25, 0.3) is 0 Å². The van der Waals surface area contributed by atoms with E-state index in [0.717, 1.165) is 6.26 Å². The Balaban J connectivity index is 2.12. The molecule has 1 aromatic rings. The monoisotopic (exact) mass is 300 g/mol. The first-order valence-electron chi connectivity index (χ1n) is 5.97. The molecule has 0 atom stereocenters. The highest BCUT2D eigenvalue weighted by atomic mass is 32.2. The van der Waals surface area contributed by atoms with Gasteiger partial charge in [-0.3, -0.25) is 0 Å². The fraction of sp³-hybridized carbons (Fsp3) is 0.500. The van der Waals surface area contributed by atoms with E-state index in [1.54, 1.807) is 17.9 Å². The highest BCUT2D eigenvalue weighted by molar-refractivity contribution is 7.90. The Hall–Kier alpha value is -1.67. The standard InChI is InChI=1S/C12H16N2O5S/c1-12(19-6-10(15)16)7-14(8-12)11-9(20(2,17)18)4-3-5-13-11/h3-5H,6-8H2,1-2H3,(H,15,16). The number of hydrogen-bond acceptors (Lipinski definition) is 6. The lowest BCUT2D eigenvalue weighted by Gasteiger charge is -2.48. The summed E-state index contributed by atoms with van der Waals surface area (Å²) in [5.74, 6) is -0.647. The molecule has 2 rings (SSSR count). The summed E-state index contributed by atoms with van der Waals surface area (Å²) in [6.07, 6.45) is 2.66. The highest BCUT2D eigenvalue weighted by Gasteiger charge is 2.42. The maximum Gasteiger partial charge on any atom is 0.329 e. The molecule has 0 amide bonds. The van der Waals surface area contributed by atoms with Crippen LogP contribution in [0.15, 0.2) is 23.2 Å². The number of rotatable bonds is 5.